The Bertz CT molecular complexity index is 708. The summed E-state index contributed by atoms with van der Waals surface area (Å²) in [6.07, 6.45) is -4.48. The third kappa shape index (κ3) is 5.91. The molecular formula is C18H24N2O8. The summed E-state index contributed by atoms with van der Waals surface area (Å²) in [5.41, 5.74) is 6.57. The van der Waals surface area contributed by atoms with Crippen molar-refractivity contribution in [1.29, 1.82) is 0 Å². The van der Waals surface area contributed by atoms with Crippen LogP contribution < -0.4 is 15.8 Å². The minimum absolute atomic E-state index is 0.209. The lowest BCUT2D eigenvalue weighted by molar-refractivity contribution is -0.248. The lowest BCUT2D eigenvalue weighted by Crippen LogP contribution is -2.64. The molecule has 1 unspecified atom stereocenters. The van der Waals surface area contributed by atoms with E-state index < -0.39 is 42.6 Å². The Hall–Kier alpha value is -2.69. The highest BCUT2D eigenvalue weighted by Gasteiger charge is 2.47. The summed E-state index contributed by atoms with van der Waals surface area (Å²) < 4.78 is 21.4. The molecule has 10 nitrogen and oxygen atoms in total. The minimum atomic E-state index is -1.30. The normalized spacial score (nSPS) is 26.8. The molecule has 0 aromatic heterocycles. The number of anilines is 1. The maximum atomic E-state index is 11.3. The molecule has 5 atom stereocenters. The van der Waals surface area contributed by atoms with Crippen LogP contribution in [0.25, 0.3) is 0 Å². The van der Waals surface area contributed by atoms with Crippen LogP contribution in [-0.2, 0) is 28.6 Å². The van der Waals surface area contributed by atoms with Gasteiger partial charge in [0.2, 0.25) is 12.2 Å². The van der Waals surface area contributed by atoms with Gasteiger partial charge in [-0.2, -0.15) is 0 Å². The number of nitrogens with two attached hydrogens (primary N) is 1. The molecule has 154 valence electrons. The van der Waals surface area contributed by atoms with E-state index in [0.717, 1.165) is 0 Å². The van der Waals surface area contributed by atoms with E-state index in [4.69, 9.17) is 24.7 Å². The fourth-order valence-electron chi connectivity index (χ4n) is 2.67. The maximum absolute atomic E-state index is 11.3. The monoisotopic (exact) mass is 396 g/mol. The predicted molar refractivity (Wildman–Crippen MR) is 96.2 cm³/mol. The van der Waals surface area contributed by atoms with Gasteiger partial charge in [-0.25, -0.2) is 0 Å². The molecule has 1 aliphatic rings. The molecule has 1 aliphatic heterocycles. The number of amides is 1. The van der Waals surface area contributed by atoms with E-state index in [1.165, 1.54) is 20.8 Å². The zero-order valence-corrected chi connectivity index (χ0v) is 15.8. The van der Waals surface area contributed by atoms with E-state index in [1.54, 1.807) is 24.3 Å². The number of rotatable bonds is 6. The van der Waals surface area contributed by atoms with Crippen molar-refractivity contribution in [2.45, 2.75) is 51.4 Å². The lowest BCUT2D eigenvalue weighted by atomic mass is 9.97. The standard InChI is InChI=1S/C18H24N2O8/c1-9(21)20-12-4-6-13(7-5-12)27-18-15(19)16(24)17(26-11(3)23)14(28-18)8-25-10(2)22/h4-7,14-18,24H,8,19H2,1-3H3,(H,20,21)/t14?,15-,16-,17-,18+/m1/s1. The van der Waals surface area contributed by atoms with Gasteiger partial charge in [-0.1, -0.05) is 0 Å². The Kier molecular flexibility index (Phi) is 7.32. The SMILES string of the molecule is CC(=O)Nc1ccc(O[C@H]2OC(COC(C)=O)[C@@H](OC(C)=O)[C@H](O)[C@H]2N)cc1. The van der Waals surface area contributed by atoms with Crippen LogP contribution in [0.15, 0.2) is 24.3 Å². The molecule has 1 saturated heterocycles. The van der Waals surface area contributed by atoms with Crippen LogP contribution in [0.2, 0.25) is 0 Å². The topological polar surface area (TPSA) is 146 Å². The van der Waals surface area contributed by atoms with Gasteiger partial charge in [0.05, 0.1) is 6.04 Å². The number of ether oxygens (including phenoxy) is 4. The number of carbonyl (C=O) groups excluding carboxylic acids is 3. The van der Waals surface area contributed by atoms with Crippen LogP contribution in [-0.4, -0.2) is 60.2 Å². The summed E-state index contributed by atoms with van der Waals surface area (Å²) in [5.74, 6) is -1.03. The lowest BCUT2D eigenvalue weighted by Gasteiger charge is -2.42. The number of aliphatic hydroxyl groups is 1. The fraction of sp³-hybridized carbons (Fsp3) is 0.500. The quantitative estimate of drug-likeness (QED) is 0.562. The van der Waals surface area contributed by atoms with Crippen molar-refractivity contribution < 1.29 is 38.4 Å². The second-order valence-electron chi connectivity index (χ2n) is 6.31. The van der Waals surface area contributed by atoms with Crippen molar-refractivity contribution in [3.8, 4) is 5.75 Å². The third-order valence-electron chi connectivity index (χ3n) is 3.90. The van der Waals surface area contributed by atoms with Crippen molar-refractivity contribution in [3.63, 3.8) is 0 Å². The van der Waals surface area contributed by atoms with E-state index in [1.807, 2.05) is 0 Å². The average molecular weight is 396 g/mol. The van der Waals surface area contributed by atoms with Crippen molar-refractivity contribution in [2.24, 2.45) is 5.73 Å². The van der Waals surface area contributed by atoms with Gasteiger partial charge in [0.25, 0.3) is 0 Å². The summed E-state index contributed by atoms with van der Waals surface area (Å²) >= 11 is 0. The van der Waals surface area contributed by atoms with Crippen LogP contribution in [0.5, 0.6) is 5.75 Å². The molecule has 1 fully saturated rings. The molecule has 10 heteroatoms. The third-order valence-corrected chi connectivity index (χ3v) is 3.90. The number of hydrogen-bond donors (Lipinski definition) is 3. The highest BCUT2D eigenvalue weighted by Crippen LogP contribution is 2.26. The Morgan fingerprint density at radius 2 is 1.79 bits per heavy atom. The van der Waals surface area contributed by atoms with Gasteiger partial charge in [0, 0.05) is 26.5 Å². The average Bonchev–Trinajstić information content (AvgIpc) is 2.61. The van der Waals surface area contributed by atoms with Crippen molar-refractivity contribution in [1.82, 2.24) is 0 Å². The van der Waals surface area contributed by atoms with Gasteiger partial charge >= 0.3 is 11.9 Å². The Balaban J connectivity index is 2.11. The Morgan fingerprint density at radius 3 is 2.32 bits per heavy atom. The molecule has 4 N–H and O–H groups in total. The molecule has 1 aromatic rings. The van der Waals surface area contributed by atoms with E-state index in [2.05, 4.69) is 5.32 Å². The van der Waals surface area contributed by atoms with Crippen molar-refractivity contribution in [3.05, 3.63) is 24.3 Å². The highest BCUT2D eigenvalue weighted by atomic mass is 16.7. The number of hydrogen-bond acceptors (Lipinski definition) is 9. The molecule has 0 aliphatic carbocycles. The predicted octanol–water partition coefficient (Wildman–Crippen LogP) is -0.0683. The minimum Gasteiger partial charge on any atom is -0.463 e. The van der Waals surface area contributed by atoms with E-state index in [-0.39, 0.29) is 12.5 Å². The molecule has 0 saturated carbocycles. The summed E-state index contributed by atoms with van der Waals surface area (Å²) in [7, 11) is 0. The molecule has 28 heavy (non-hydrogen) atoms. The van der Waals surface area contributed by atoms with E-state index in [9.17, 15) is 19.5 Å². The molecule has 1 heterocycles. The number of nitrogens with one attached hydrogen (secondary N) is 1. The first kappa shape index (κ1) is 21.6. The molecule has 1 aromatic carbocycles. The van der Waals surface area contributed by atoms with Crippen LogP contribution in [0.3, 0.4) is 0 Å². The number of aliphatic hydroxyl groups excluding tert-OH is 1. The summed E-state index contributed by atoms with van der Waals surface area (Å²) in [5, 5.41) is 13.1. The Labute approximate surface area is 161 Å². The summed E-state index contributed by atoms with van der Waals surface area (Å²) in [6.45, 7) is 3.54. The first-order valence-electron chi connectivity index (χ1n) is 8.61. The van der Waals surface area contributed by atoms with Crippen molar-refractivity contribution in [2.75, 3.05) is 11.9 Å². The van der Waals surface area contributed by atoms with Crippen molar-refractivity contribution >= 4 is 23.5 Å². The summed E-state index contributed by atoms with van der Waals surface area (Å²) in [4.78, 5) is 33.5. The van der Waals surface area contributed by atoms with Gasteiger partial charge in [0.15, 0.2) is 6.10 Å². The molecule has 2 rings (SSSR count). The second kappa shape index (κ2) is 9.49. The van der Waals surface area contributed by atoms with E-state index in [0.29, 0.717) is 11.4 Å². The summed E-state index contributed by atoms with van der Waals surface area (Å²) in [6, 6.07) is 5.40. The van der Waals surface area contributed by atoms with Crippen LogP contribution in [0.4, 0.5) is 5.69 Å². The van der Waals surface area contributed by atoms with Gasteiger partial charge in [0.1, 0.15) is 24.6 Å². The van der Waals surface area contributed by atoms with Gasteiger partial charge in [-0.15, -0.1) is 0 Å². The maximum Gasteiger partial charge on any atom is 0.303 e. The van der Waals surface area contributed by atoms with Crippen LogP contribution >= 0.6 is 0 Å². The first-order valence-corrected chi connectivity index (χ1v) is 8.61. The zero-order valence-electron chi connectivity index (χ0n) is 15.8. The van der Waals surface area contributed by atoms with Crippen LogP contribution in [0.1, 0.15) is 20.8 Å². The Morgan fingerprint density at radius 1 is 1.14 bits per heavy atom. The first-order chi connectivity index (χ1) is 13.2. The molecule has 1 amide bonds. The second-order valence-corrected chi connectivity index (χ2v) is 6.31. The molecule has 0 radical (unpaired) electrons. The fourth-order valence-corrected chi connectivity index (χ4v) is 2.67. The number of benzene rings is 1. The molecule has 0 spiro atoms. The van der Waals surface area contributed by atoms with Gasteiger partial charge < -0.3 is 35.1 Å². The zero-order chi connectivity index (χ0) is 20.8. The largest absolute Gasteiger partial charge is 0.463 e. The molecular weight excluding hydrogens is 372 g/mol. The van der Waals surface area contributed by atoms with Gasteiger partial charge in [-0.05, 0) is 24.3 Å². The molecule has 0 bridgehead atoms. The van der Waals surface area contributed by atoms with Crippen LogP contribution in [0, 0.1) is 0 Å². The highest BCUT2D eigenvalue weighted by molar-refractivity contribution is 5.88. The number of carbonyl (C=O) groups is 3. The smallest absolute Gasteiger partial charge is 0.303 e. The van der Waals surface area contributed by atoms with E-state index >= 15 is 0 Å². The van der Waals surface area contributed by atoms with Gasteiger partial charge in [-0.3, -0.25) is 14.4 Å². The number of esters is 2.